The number of hydrogen-bond donors (Lipinski definition) is 2. The maximum Gasteiger partial charge on any atom is 0.407 e. The van der Waals surface area contributed by atoms with E-state index in [0.717, 1.165) is 18.4 Å². The molecule has 184 valence electrons. The van der Waals surface area contributed by atoms with Crippen molar-refractivity contribution in [3.63, 3.8) is 0 Å². The lowest BCUT2D eigenvalue weighted by Crippen LogP contribution is -2.29. The van der Waals surface area contributed by atoms with Gasteiger partial charge in [-0.2, -0.15) is 0 Å². The van der Waals surface area contributed by atoms with Gasteiger partial charge < -0.3 is 24.4 Å². The van der Waals surface area contributed by atoms with Crippen molar-refractivity contribution in [2.75, 3.05) is 0 Å². The van der Waals surface area contributed by atoms with Gasteiger partial charge in [-0.3, -0.25) is 4.79 Å². The van der Waals surface area contributed by atoms with Crippen molar-refractivity contribution in [1.29, 1.82) is 0 Å². The van der Waals surface area contributed by atoms with Crippen LogP contribution >= 0.6 is 0 Å². The van der Waals surface area contributed by atoms with Crippen LogP contribution in [-0.2, 0) is 22.7 Å². The predicted molar refractivity (Wildman–Crippen MR) is 124 cm³/mol. The molecule has 3 aromatic rings. The Morgan fingerprint density at radius 2 is 1.94 bits per heavy atom. The van der Waals surface area contributed by atoms with E-state index in [-0.39, 0.29) is 25.2 Å². The summed E-state index contributed by atoms with van der Waals surface area (Å²) >= 11 is 0. The van der Waals surface area contributed by atoms with Gasteiger partial charge in [-0.05, 0) is 62.9 Å². The number of carboxylic acid groups (broad SMARTS) is 1. The molecule has 1 aromatic heterocycles. The molecule has 1 amide bonds. The fraction of sp³-hybridized carbons (Fsp3) is 0.346. The van der Waals surface area contributed by atoms with Crippen LogP contribution in [-0.4, -0.2) is 28.4 Å². The minimum Gasteiger partial charge on any atom is -0.490 e. The van der Waals surface area contributed by atoms with E-state index in [1.807, 2.05) is 12.1 Å². The summed E-state index contributed by atoms with van der Waals surface area (Å²) in [5.41, 5.74) is 2.36. The smallest absolute Gasteiger partial charge is 0.407 e. The lowest BCUT2D eigenvalue weighted by molar-refractivity contribution is -0.143. The third kappa shape index (κ3) is 6.17. The van der Waals surface area contributed by atoms with E-state index in [2.05, 4.69) is 10.5 Å². The molecule has 0 bridgehead atoms. The first-order valence-corrected chi connectivity index (χ1v) is 11.5. The fourth-order valence-corrected chi connectivity index (χ4v) is 4.15. The highest BCUT2D eigenvalue weighted by Crippen LogP contribution is 2.31. The molecule has 8 nitrogen and oxygen atoms in total. The van der Waals surface area contributed by atoms with Gasteiger partial charge >= 0.3 is 12.1 Å². The number of amides is 1. The number of aliphatic carboxylic acids is 1. The maximum atomic E-state index is 13.7. The highest BCUT2D eigenvalue weighted by atomic mass is 19.1. The number of aromatic nitrogens is 1. The Kier molecular flexibility index (Phi) is 7.64. The van der Waals surface area contributed by atoms with Crippen LogP contribution in [0.2, 0.25) is 0 Å². The van der Waals surface area contributed by atoms with Crippen LogP contribution in [0.5, 0.6) is 5.75 Å². The van der Waals surface area contributed by atoms with Crippen LogP contribution in [0.15, 0.2) is 53.1 Å². The largest absolute Gasteiger partial charge is 0.490 e. The van der Waals surface area contributed by atoms with Crippen molar-refractivity contribution < 1.29 is 33.1 Å². The average molecular weight is 483 g/mol. The first kappa shape index (κ1) is 24.3. The molecule has 35 heavy (non-hydrogen) atoms. The minimum absolute atomic E-state index is 0.123. The van der Waals surface area contributed by atoms with Gasteiger partial charge in [0.1, 0.15) is 18.2 Å². The maximum absolute atomic E-state index is 13.7. The molecule has 4 rings (SSSR count). The van der Waals surface area contributed by atoms with Crippen LogP contribution in [0.3, 0.4) is 0 Å². The number of nitrogens with zero attached hydrogens (tertiary/aromatic N) is 1. The van der Waals surface area contributed by atoms with Gasteiger partial charge in [0, 0.05) is 16.7 Å². The summed E-state index contributed by atoms with van der Waals surface area (Å²) in [6, 6.07) is 13.4. The molecule has 2 atom stereocenters. The molecule has 9 heteroatoms. The number of carboxylic acids is 1. The molecule has 0 aliphatic heterocycles. The monoisotopic (exact) mass is 482 g/mol. The highest BCUT2D eigenvalue weighted by Gasteiger charge is 2.28. The molecule has 1 heterocycles. The van der Waals surface area contributed by atoms with E-state index in [9.17, 15) is 19.1 Å². The molecule has 1 aliphatic carbocycles. The van der Waals surface area contributed by atoms with Crippen molar-refractivity contribution in [3.8, 4) is 17.1 Å². The number of nitrogens with one attached hydrogen (secondary N) is 1. The zero-order chi connectivity index (χ0) is 24.8. The SMILES string of the molecule is Cc1noc(-c2ccc(O[C@H]3CCC[C@H](C(=O)O)C3)cc2)c1CNC(=O)OCc1ccccc1F. The summed E-state index contributed by atoms with van der Waals surface area (Å²) in [5.74, 6) is -0.412. The van der Waals surface area contributed by atoms with Gasteiger partial charge in [0.25, 0.3) is 0 Å². The third-order valence-electron chi connectivity index (χ3n) is 6.11. The summed E-state index contributed by atoms with van der Waals surface area (Å²) in [5, 5.41) is 15.9. The van der Waals surface area contributed by atoms with Gasteiger partial charge in [-0.1, -0.05) is 23.4 Å². The summed E-state index contributed by atoms with van der Waals surface area (Å²) in [7, 11) is 0. The molecule has 1 aliphatic rings. The molecule has 1 saturated carbocycles. The summed E-state index contributed by atoms with van der Waals surface area (Å²) in [6.07, 6.45) is 2.04. The molecule has 2 N–H and O–H groups in total. The number of halogens is 1. The first-order chi connectivity index (χ1) is 16.9. The number of ether oxygens (including phenoxy) is 2. The summed E-state index contributed by atoms with van der Waals surface area (Å²) in [4.78, 5) is 23.4. The molecular formula is C26H27FN2O6. The number of hydrogen-bond acceptors (Lipinski definition) is 6. The Morgan fingerprint density at radius 3 is 2.69 bits per heavy atom. The second-order valence-corrected chi connectivity index (χ2v) is 8.56. The second-order valence-electron chi connectivity index (χ2n) is 8.56. The Balaban J connectivity index is 1.35. The lowest BCUT2D eigenvalue weighted by atomic mass is 9.87. The summed E-state index contributed by atoms with van der Waals surface area (Å²) in [6.45, 7) is 1.72. The number of rotatable bonds is 8. The normalized spacial score (nSPS) is 17.5. The molecular weight excluding hydrogens is 455 g/mol. The topological polar surface area (TPSA) is 111 Å². The number of benzene rings is 2. The fourth-order valence-electron chi connectivity index (χ4n) is 4.15. The van der Waals surface area contributed by atoms with Gasteiger partial charge in [-0.15, -0.1) is 0 Å². The van der Waals surface area contributed by atoms with Crippen molar-refractivity contribution in [1.82, 2.24) is 10.5 Å². The number of carbonyl (C=O) groups is 2. The zero-order valence-corrected chi connectivity index (χ0v) is 19.3. The Morgan fingerprint density at radius 1 is 1.17 bits per heavy atom. The Bertz CT molecular complexity index is 1180. The zero-order valence-electron chi connectivity index (χ0n) is 19.3. The van der Waals surface area contributed by atoms with Crippen LogP contribution in [0, 0.1) is 18.7 Å². The van der Waals surface area contributed by atoms with E-state index in [4.69, 9.17) is 14.0 Å². The number of aryl methyl sites for hydroxylation is 1. The predicted octanol–water partition coefficient (Wildman–Crippen LogP) is 5.24. The van der Waals surface area contributed by atoms with Gasteiger partial charge in [0.05, 0.1) is 24.3 Å². The molecule has 0 spiro atoms. The third-order valence-corrected chi connectivity index (χ3v) is 6.11. The number of carbonyl (C=O) groups excluding carboxylic acids is 1. The van der Waals surface area contributed by atoms with E-state index in [0.29, 0.717) is 41.2 Å². The molecule has 0 unspecified atom stereocenters. The van der Waals surface area contributed by atoms with E-state index in [1.165, 1.54) is 6.07 Å². The van der Waals surface area contributed by atoms with Crippen molar-refractivity contribution in [2.24, 2.45) is 5.92 Å². The Hall–Kier alpha value is -3.88. The molecule has 0 radical (unpaired) electrons. The first-order valence-electron chi connectivity index (χ1n) is 11.5. The average Bonchev–Trinajstić information content (AvgIpc) is 3.23. The quantitative estimate of drug-likeness (QED) is 0.452. The lowest BCUT2D eigenvalue weighted by Gasteiger charge is -2.27. The molecule has 2 aromatic carbocycles. The van der Waals surface area contributed by atoms with Crippen LogP contribution in [0.1, 0.15) is 42.5 Å². The van der Waals surface area contributed by atoms with E-state index >= 15 is 0 Å². The second kappa shape index (κ2) is 11.0. The highest BCUT2D eigenvalue weighted by molar-refractivity contribution is 5.70. The van der Waals surface area contributed by atoms with Crippen molar-refractivity contribution in [3.05, 3.63) is 71.2 Å². The van der Waals surface area contributed by atoms with Gasteiger partial charge in [0.2, 0.25) is 0 Å². The minimum atomic E-state index is -0.772. The number of alkyl carbamates (subject to hydrolysis) is 1. The standard InChI is InChI=1S/C26H27FN2O6/c1-16-22(14-28-26(32)33-15-19-5-2-3-8-23(19)27)24(35-29-16)17-9-11-20(12-10-17)34-21-7-4-6-18(13-21)25(30)31/h2-3,5,8-12,18,21H,4,6-7,13-15H2,1H3,(H,28,32)(H,30,31)/t18-,21-/m0/s1. The van der Waals surface area contributed by atoms with Crippen molar-refractivity contribution in [2.45, 2.75) is 51.9 Å². The van der Waals surface area contributed by atoms with E-state index < -0.39 is 17.9 Å². The van der Waals surface area contributed by atoms with E-state index in [1.54, 1.807) is 37.3 Å². The van der Waals surface area contributed by atoms with Gasteiger partial charge in [0.15, 0.2) is 5.76 Å². The van der Waals surface area contributed by atoms with Crippen LogP contribution in [0.25, 0.3) is 11.3 Å². The molecule has 1 fully saturated rings. The molecule has 0 saturated heterocycles. The van der Waals surface area contributed by atoms with Crippen LogP contribution < -0.4 is 10.1 Å². The summed E-state index contributed by atoms with van der Waals surface area (Å²) < 4.78 is 30.3. The van der Waals surface area contributed by atoms with Crippen LogP contribution in [0.4, 0.5) is 9.18 Å². The Labute approximate surface area is 202 Å². The van der Waals surface area contributed by atoms with Crippen molar-refractivity contribution >= 4 is 12.1 Å². The van der Waals surface area contributed by atoms with Gasteiger partial charge in [-0.25, -0.2) is 9.18 Å².